The van der Waals surface area contributed by atoms with Crippen LogP contribution < -0.4 is 10.1 Å². The molecule has 4 heteroatoms. The molecular formula is C18H17N3O. The minimum atomic E-state index is 0.481. The zero-order chi connectivity index (χ0) is 15.2. The largest absolute Gasteiger partial charge is 0.473 e. The first kappa shape index (κ1) is 14.1. The first-order valence-corrected chi connectivity index (χ1v) is 7.14. The second-order valence-electron chi connectivity index (χ2n) is 4.81. The smallest absolute Gasteiger partial charge is 0.226 e. The van der Waals surface area contributed by atoms with Crippen LogP contribution in [0.3, 0.4) is 0 Å². The maximum absolute atomic E-state index is 5.81. The van der Waals surface area contributed by atoms with Crippen LogP contribution >= 0.6 is 0 Å². The number of nitrogens with one attached hydrogen (secondary N) is 1. The van der Waals surface area contributed by atoms with E-state index in [1.807, 2.05) is 66.7 Å². The third-order valence-electron chi connectivity index (χ3n) is 3.23. The first-order chi connectivity index (χ1) is 10.8. The van der Waals surface area contributed by atoms with Crippen molar-refractivity contribution in [1.82, 2.24) is 9.97 Å². The van der Waals surface area contributed by atoms with Gasteiger partial charge in [0.1, 0.15) is 6.61 Å². The molecule has 22 heavy (non-hydrogen) atoms. The fourth-order valence-corrected chi connectivity index (χ4v) is 2.10. The van der Waals surface area contributed by atoms with Crippen LogP contribution in [0.5, 0.6) is 5.88 Å². The molecule has 0 spiro atoms. The monoisotopic (exact) mass is 291 g/mol. The molecule has 4 nitrogen and oxygen atoms in total. The Morgan fingerprint density at radius 1 is 0.909 bits per heavy atom. The minimum Gasteiger partial charge on any atom is -0.473 e. The van der Waals surface area contributed by atoms with E-state index in [1.165, 1.54) is 0 Å². The zero-order valence-corrected chi connectivity index (χ0v) is 12.4. The highest BCUT2D eigenvalue weighted by Crippen LogP contribution is 2.22. The molecule has 3 rings (SSSR count). The summed E-state index contributed by atoms with van der Waals surface area (Å²) in [5.74, 6) is 1.10. The average Bonchev–Trinajstić information content (AvgIpc) is 2.61. The fourth-order valence-electron chi connectivity index (χ4n) is 2.10. The van der Waals surface area contributed by atoms with Crippen molar-refractivity contribution >= 4 is 5.95 Å². The van der Waals surface area contributed by atoms with Gasteiger partial charge in [0.2, 0.25) is 11.8 Å². The second kappa shape index (κ2) is 6.72. The van der Waals surface area contributed by atoms with Gasteiger partial charge in [0.15, 0.2) is 0 Å². The van der Waals surface area contributed by atoms with E-state index in [-0.39, 0.29) is 0 Å². The van der Waals surface area contributed by atoms with E-state index in [0.29, 0.717) is 18.4 Å². The minimum absolute atomic E-state index is 0.481. The highest BCUT2D eigenvalue weighted by Gasteiger charge is 2.07. The highest BCUT2D eigenvalue weighted by molar-refractivity contribution is 5.61. The Hall–Kier alpha value is -2.88. The van der Waals surface area contributed by atoms with Crippen molar-refractivity contribution in [3.63, 3.8) is 0 Å². The number of nitrogens with zero attached hydrogens (tertiary/aromatic N) is 2. The number of hydrogen-bond acceptors (Lipinski definition) is 4. The maximum atomic E-state index is 5.81. The lowest BCUT2D eigenvalue weighted by molar-refractivity contribution is 0.294. The standard InChI is InChI=1S/C18H17N3O/c1-19-18-20-16(15-10-6-3-7-11-15)12-17(21-18)22-13-14-8-4-2-5-9-14/h2-12H,13H2,1H3,(H,19,20,21). The molecule has 110 valence electrons. The van der Waals surface area contributed by atoms with E-state index in [2.05, 4.69) is 15.3 Å². The molecule has 0 saturated carbocycles. The van der Waals surface area contributed by atoms with Gasteiger partial charge in [-0.25, -0.2) is 4.98 Å². The van der Waals surface area contributed by atoms with Gasteiger partial charge in [-0.05, 0) is 5.56 Å². The van der Waals surface area contributed by atoms with Gasteiger partial charge in [0.25, 0.3) is 0 Å². The lowest BCUT2D eigenvalue weighted by Gasteiger charge is -2.09. The first-order valence-electron chi connectivity index (χ1n) is 7.14. The van der Waals surface area contributed by atoms with E-state index >= 15 is 0 Å². The van der Waals surface area contributed by atoms with Crippen molar-refractivity contribution in [2.45, 2.75) is 6.61 Å². The van der Waals surface area contributed by atoms with Crippen molar-refractivity contribution in [1.29, 1.82) is 0 Å². The molecule has 0 atom stereocenters. The van der Waals surface area contributed by atoms with E-state index in [9.17, 15) is 0 Å². The quantitative estimate of drug-likeness (QED) is 0.777. The number of rotatable bonds is 5. The van der Waals surface area contributed by atoms with E-state index in [0.717, 1.165) is 16.8 Å². The fraction of sp³-hybridized carbons (Fsp3) is 0.111. The predicted molar refractivity (Wildman–Crippen MR) is 87.8 cm³/mol. The Morgan fingerprint density at radius 3 is 2.27 bits per heavy atom. The van der Waals surface area contributed by atoms with Gasteiger partial charge in [-0.3, -0.25) is 0 Å². The molecule has 0 aliphatic heterocycles. The number of ether oxygens (including phenoxy) is 1. The van der Waals surface area contributed by atoms with Crippen molar-refractivity contribution in [3.8, 4) is 17.1 Å². The third-order valence-corrected chi connectivity index (χ3v) is 3.23. The van der Waals surface area contributed by atoms with E-state index in [4.69, 9.17) is 4.74 Å². The van der Waals surface area contributed by atoms with Gasteiger partial charge in [0, 0.05) is 18.7 Å². The second-order valence-corrected chi connectivity index (χ2v) is 4.81. The van der Waals surface area contributed by atoms with Crippen LogP contribution in [0.1, 0.15) is 5.56 Å². The number of hydrogen-bond donors (Lipinski definition) is 1. The van der Waals surface area contributed by atoms with Crippen LogP contribution in [-0.4, -0.2) is 17.0 Å². The van der Waals surface area contributed by atoms with Crippen LogP contribution in [0, 0.1) is 0 Å². The van der Waals surface area contributed by atoms with Crippen molar-refractivity contribution in [2.75, 3.05) is 12.4 Å². The van der Waals surface area contributed by atoms with Crippen molar-refractivity contribution in [3.05, 3.63) is 72.3 Å². The van der Waals surface area contributed by atoms with E-state index < -0.39 is 0 Å². The zero-order valence-electron chi connectivity index (χ0n) is 12.4. The Morgan fingerprint density at radius 2 is 1.59 bits per heavy atom. The summed E-state index contributed by atoms with van der Waals surface area (Å²) in [6, 6.07) is 21.9. The summed E-state index contributed by atoms with van der Waals surface area (Å²) in [4.78, 5) is 8.82. The predicted octanol–water partition coefficient (Wildman–Crippen LogP) is 3.76. The topological polar surface area (TPSA) is 47.0 Å². The molecule has 0 radical (unpaired) electrons. The number of anilines is 1. The Bertz CT molecular complexity index is 730. The third kappa shape index (κ3) is 3.41. The SMILES string of the molecule is CNc1nc(OCc2ccccc2)cc(-c2ccccc2)n1. The molecule has 0 unspecified atom stereocenters. The molecule has 2 aromatic carbocycles. The molecule has 0 bridgehead atoms. The van der Waals surface area contributed by atoms with Crippen molar-refractivity contribution in [2.24, 2.45) is 0 Å². The molecule has 0 aliphatic carbocycles. The summed E-state index contributed by atoms with van der Waals surface area (Å²) < 4.78 is 5.81. The summed E-state index contributed by atoms with van der Waals surface area (Å²) in [6.07, 6.45) is 0. The van der Waals surface area contributed by atoms with Crippen LogP contribution in [0.25, 0.3) is 11.3 Å². The number of aromatic nitrogens is 2. The highest BCUT2D eigenvalue weighted by atomic mass is 16.5. The van der Waals surface area contributed by atoms with Gasteiger partial charge < -0.3 is 10.1 Å². The lowest BCUT2D eigenvalue weighted by Crippen LogP contribution is -2.02. The van der Waals surface area contributed by atoms with Crippen LogP contribution in [0.15, 0.2) is 66.7 Å². The van der Waals surface area contributed by atoms with Crippen molar-refractivity contribution < 1.29 is 4.74 Å². The molecule has 1 N–H and O–H groups in total. The van der Waals surface area contributed by atoms with Crippen LogP contribution in [0.4, 0.5) is 5.95 Å². The molecule has 0 amide bonds. The molecule has 0 fully saturated rings. The summed E-state index contributed by atoms with van der Waals surface area (Å²) >= 11 is 0. The molecule has 3 aromatic rings. The summed E-state index contributed by atoms with van der Waals surface area (Å²) in [5.41, 5.74) is 2.97. The maximum Gasteiger partial charge on any atom is 0.226 e. The van der Waals surface area contributed by atoms with Crippen LogP contribution in [-0.2, 0) is 6.61 Å². The van der Waals surface area contributed by atoms with E-state index in [1.54, 1.807) is 7.05 Å². The Kier molecular flexibility index (Phi) is 4.30. The average molecular weight is 291 g/mol. The van der Waals surface area contributed by atoms with Gasteiger partial charge in [-0.2, -0.15) is 4.98 Å². The molecular weight excluding hydrogens is 274 g/mol. The molecule has 1 aromatic heterocycles. The Balaban J connectivity index is 1.85. The molecule has 0 aliphatic rings. The van der Waals surface area contributed by atoms with Gasteiger partial charge in [-0.1, -0.05) is 60.7 Å². The van der Waals surface area contributed by atoms with Gasteiger partial charge in [-0.15, -0.1) is 0 Å². The Labute approximate surface area is 129 Å². The summed E-state index contributed by atoms with van der Waals surface area (Å²) in [5, 5.41) is 2.97. The summed E-state index contributed by atoms with van der Waals surface area (Å²) in [6.45, 7) is 0.481. The number of benzene rings is 2. The molecule has 1 heterocycles. The lowest BCUT2D eigenvalue weighted by atomic mass is 10.1. The normalized spacial score (nSPS) is 10.2. The van der Waals surface area contributed by atoms with Gasteiger partial charge >= 0.3 is 0 Å². The summed E-state index contributed by atoms with van der Waals surface area (Å²) in [7, 11) is 1.80. The molecule has 0 saturated heterocycles. The van der Waals surface area contributed by atoms with Gasteiger partial charge in [0.05, 0.1) is 5.69 Å². The van der Waals surface area contributed by atoms with Crippen LogP contribution in [0.2, 0.25) is 0 Å².